The normalized spacial score (nSPS) is 15.1. The van der Waals surface area contributed by atoms with Crippen molar-refractivity contribution in [2.45, 2.75) is 18.2 Å². The van der Waals surface area contributed by atoms with E-state index in [1.54, 1.807) is 7.05 Å². The molecule has 0 fully saturated rings. The van der Waals surface area contributed by atoms with Gasteiger partial charge in [0, 0.05) is 11.9 Å². The van der Waals surface area contributed by atoms with Gasteiger partial charge in [0.15, 0.2) is 0 Å². The Kier molecular flexibility index (Phi) is 4.56. The van der Waals surface area contributed by atoms with E-state index in [1.807, 2.05) is 42.5 Å². The lowest BCUT2D eigenvalue weighted by Crippen LogP contribution is -2.04. The number of nitrogens with zero attached hydrogens (tertiary/aromatic N) is 1. The van der Waals surface area contributed by atoms with Crippen molar-refractivity contribution in [2.75, 3.05) is 12.8 Å². The summed E-state index contributed by atoms with van der Waals surface area (Å²) in [5.41, 5.74) is 0. The number of hydrogen-bond donors (Lipinski definition) is 0. The predicted octanol–water partition coefficient (Wildman–Crippen LogP) is 3.11. The highest BCUT2D eigenvalue weighted by atomic mass is 32.2. The maximum Gasteiger partial charge on any atom is 0.0785 e. The van der Waals surface area contributed by atoms with Crippen LogP contribution in [0.2, 0.25) is 0 Å². The fourth-order valence-corrected chi connectivity index (χ4v) is 2.81. The van der Waals surface area contributed by atoms with Crippen molar-refractivity contribution >= 4 is 9.73 Å². The molecule has 0 bridgehead atoms. The Morgan fingerprint density at radius 2 is 1.93 bits per heavy atom. The van der Waals surface area contributed by atoms with E-state index in [1.165, 1.54) is 0 Å². The Labute approximate surface area is 92.2 Å². The average Bonchev–Trinajstić information content (AvgIpc) is 2.30. The van der Waals surface area contributed by atoms with Crippen LogP contribution in [0.25, 0.3) is 0 Å². The molecule has 1 rings (SSSR count). The molecule has 82 valence electrons. The molecule has 0 aromatic heterocycles. The molecule has 0 aliphatic carbocycles. The van der Waals surface area contributed by atoms with Gasteiger partial charge in [-0.25, -0.2) is 8.57 Å². The number of rotatable bonds is 4. The molecular formula is C12H17NOS. The third-order valence-electron chi connectivity index (χ3n) is 2.13. The minimum atomic E-state index is -2.24. The van der Waals surface area contributed by atoms with E-state index >= 15 is 0 Å². The maximum atomic E-state index is 12.4. The monoisotopic (exact) mass is 223 g/mol. The summed E-state index contributed by atoms with van der Waals surface area (Å²) in [5, 5.41) is 0. The van der Waals surface area contributed by atoms with Crippen LogP contribution in [0.5, 0.6) is 0 Å². The molecule has 0 radical (unpaired) electrons. The molecular weight excluding hydrogens is 206 g/mol. The van der Waals surface area contributed by atoms with Crippen molar-refractivity contribution < 1.29 is 4.21 Å². The molecule has 0 aliphatic rings. The number of allylic oxidation sites excluding steroid dienone is 1. The third kappa shape index (κ3) is 3.20. The Morgan fingerprint density at radius 3 is 2.47 bits per heavy atom. The molecule has 0 N–H and O–H groups in total. The van der Waals surface area contributed by atoms with Crippen molar-refractivity contribution in [3.8, 4) is 0 Å². The summed E-state index contributed by atoms with van der Waals surface area (Å²) >= 11 is 0. The van der Waals surface area contributed by atoms with Crippen LogP contribution in [-0.2, 0) is 9.73 Å². The zero-order valence-electron chi connectivity index (χ0n) is 9.22. The predicted molar refractivity (Wildman–Crippen MR) is 65.5 cm³/mol. The van der Waals surface area contributed by atoms with Crippen molar-refractivity contribution in [1.82, 2.24) is 0 Å². The molecule has 0 saturated heterocycles. The smallest absolute Gasteiger partial charge is 0.0785 e. The molecule has 0 amide bonds. The van der Waals surface area contributed by atoms with Crippen LogP contribution in [0.4, 0.5) is 0 Å². The molecule has 0 aliphatic heterocycles. The fourth-order valence-electron chi connectivity index (χ4n) is 1.27. The van der Waals surface area contributed by atoms with Gasteiger partial charge in [0.25, 0.3) is 0 Å². The van der Waals surface area contributed by atoms with Crippen molar-refractivity contribution in [3.63, 3.8) is 0 Å². The number of benzene rings is 1. The Balaban J connectivity index is 2.98. The first kappa shape index (κ1) is 12.0. The zero-order chi connectivity index (χ0) is 11.1. The topological polar surface area (TPSA) is 29.4 Å². The first-order valence-corrected chi connectivity index (χ1v) is 6.74. The lowest BCUT2D eigenvalue weighted by molar-refractivity contribution is 0.678. The second-order valence-electron chi connectivity index (χ2n) is 3.18. The van der Waals surface area contributed by atoms with E-state index in [0.29, 0.717) is 5.75 Å². The van der Waals surface area contributed by atoms with Crippen LogP contribution in [0.3, 0.4) is 0 Å². The highest BCUT2D eigenvalue weighted by Gasteiger charge is 2.08. The van der Waals surface area contributed by atoms with E-state index in [0.717, 1.165) is 11.3 Å². The van der Waals surface area contributed by atoms with Crippen LogP contribution in [0, 0.1) is 0 Å². The van der Waals surface area contributed by atoms with Crippen molar-refractivity contribution in [1.29, 1.82) is 0 Å². The summed E-state index contributed by atoms with van der Waals surface area (Å²) in [5.74, 6) is 0.501. The summed E-state index contributed by atoms with van der Waals surface area (Å²) in [6.07, 6.45) is 4.93. The van der Waals surface area contributed by atoms with Crippen LogP contribution >= 0.6 is 0 Å². The molecule has 1 aromatic rings. The first-order valence-electron chi connectivity index (χ1n) is 5.06. The van der Waals surface area contributed by atoms with Gasteiger partial charge in [0.2, 0.25) is 0 Å². The van der Waals surface area contributed by atoms with Gasteiger partial charge in [-0.2, -0.15) is 0 Å². The maximum absolute atomic E-state index is 12.4. The summed E-state index contributed by atoms with van der Waals surface area (Å²) in [7, 11) is -0.620. The minimum Gasteiger partial charge on any atom is -0.244 e. The van der Waals surface area contributed by atoms with E-state index in [2.05, 4.69) is 11.3 Å². The highest BCUT2D eigenvalue weighted by Crippen LogP contribution is 2.13. The van der Waals surface area contributed by atoms with Gasteiger partial charge < -0.3 is 0 Å². The van der Waals surface area contributed by atoms with Crippen LogP contribution < -0.4 is 0 Å². The Morgan fingerprint density at radius 1 is 1.27 bits per heavy atom. The van der Waals surface area contributed by atoms with Gasteiger partial charge in [-0.05, 0) is 18.6 Å². The summed E-state index contributed by atoms with van der Waals surface area (Å²) in [6, 6.07) is 9.44. The quantitative estimate of drug-likeness (QED) is 0.721. The highest BCUT2D eigenvalue weighted by molar-refractivity contribution is 7.93. The standard InChI is InChI=1S/C12H17NOS/c1-3-4-8-11-15(14,13-2)12-9-6-5-7-10-12/h4-10H,3,11H2,1-2H3/b8-4-. The summed E-state index contributed by atoms with van der Waals surface area (Å²) in [6.45, 7) is 2.06. The SMILES string of the molecule is CC/C=C\CS(=O)(=NC)c1ccccc1. The van der Waals surface area contributed by atoms with Crippen LogP contribution in [0.1, 0.15) is 13.3 Å². The molecule has 2 nitrogen and oxygen atoms in total. The zero-order valence-corrected chi connectivity index (χ0v) is 10.0. The molecule has 0 heterocycles. The van der Waals surface area contributed by atoms with Crippen molar-refractivity contribution in [3.05, 3.63) is 42.5 Å². The Bertz CT molecular complexity index is 428. The lowest BCUT2D eigenvalue weighted by Gasteiger charge is -2.06. The lowest BCUT2D eigenvalue weighted by atomic mass is 10.4. The largest absolute Gasteiger partial charge is 0.244 e. The van der Waals surface area contributed by atoms with Gasteiger partial charge in [-0.15, -0.1) is 0 Å². The summed E-state index contributed by atoms with van der Waals surface area (Å²) < 4.78 is 16.5. The Hall–Kier alpha value is -1.09. The van der Waals surface area contributed by atoms with E-state index in [-0.39, 0.29) is 0 Å². The molecule has 0 saturated carbocycles. The third-order valence-corrected chi connectivity index (χ3v) is 4.37. The number of hydrogen-bond acceptors (Lipinski definition) is 2. The molecule has 1 unspecified atom stereocenters. The fraction of sp³-hybridized carbons (Fsp3) is 0.333. The van der Waals surface area contributed by atoms with E-state index < -0.39 is 9.73 Å². The van der Waals surface area contributed by atoms with E-state index in [4.69, 9.17) is 0 Å². The first-order chi connectivity index (χ1) is 7.23. The van der Waals surface area contributed by atoms with Crippen LogP contribution in [-0.4, -0.2) is 17.0 Å². The second kappa shape index (κ2) is 5.71. The van der Waals surface area contributed by atoms with Crippen LogP contribution in [0.15, 0.2) is 51.7 Å². The van der Waals surface area contributed by atoms with Crippen molar-refractivity contribution in [2.24, 2.45) is 4.36 Å². The van der Waals surface area contributed by atoms with Gasteiger partial charge in [0.1, 0.15) is 0 Å². The van der Waals surface area contributed by atoms with Gasteiger partial charge >= 0.3 is 0 Å². The van der Waals surface area contributed by atoms with E-state index in [9.17, 15) is 4.21 Å². The molecule has 1 atom stereocenters. The molecule has 0 spiro atoms. The van der Waals surface area contributed by atoms with Gasteiger partial charge in [-0.1, -0.05) is 37.3 Å². The van der Waals surface area contributed by atoms with Gasteiger partial charge in [-0.3, -0.25) is 0 Å². The molecule has 15 heavy (non-hydrogen) atoms. The second-order valence-corrected chi connectivity index (χ2v) is 5.63. The summed E-state index contributed by atoms with van der Waals surface area (Å²) in [4.78, 5) is 0.813. The minimum absolute atomic E-state index is 0.501. The molecule has 3 heteroatoms. The van der Waals surface area contributed by atoms with Gasteiger partial charge in [0.05, 0.1) is 15.5 Å². The molecule has 1 aromatic carbocycles. The average molecular weight is 223 g/mol.